The highest BCUT2D eigenvalue weighted by atomic mass is 35.5. The Kier molecular flexibility index (Phi) is 18.0. The SMILES string of the molecule is CCN1CCN(C(=O)N(Cc2ccc(C(=O)CN)cn2)c2ccc(Cl)cc2)CC1.CCN1CCN(C(=O)N(Cc2ccc(C(=O)CNC(=O)C(F)(F)F)cn2)c2ccc(Cl)cc2)CC1. The number of anilines is 2. The quantitative estimate of drug-likeness (QED) is 0.152. The van der Waals surface area contributed by atoms with Gasteiger partial charge >= 0.3 is 24.1 Å². The molecular weight excluding hydrogens is 876 g/mol. The second kappa shape index (κ2) is 23.3. The number of nitrogens with zero attached hydrogens (tertiary/aromatic N) is 8. The van der Waals surface area contributed by atoms with Gasteiger partial charge in [0, 0.05) is 97.3 Å². The number of hydrogen-bond acceptors (Lipinski definition) is 10. The molecule has 64 heavy (non-hydrogen) atoms. The Morgan fingerprint density at radius 1 is 0.625 bits per heavy atom. The summed E-state index contributed by atoms with van der Waals surface area (Å²) in [7, 11) is 0. The van der Waals surface area contributed by atoms with Gasteiger partial charge in [0.2, 0.25) is 0 Å². The summed E-state index contributed by atoms with van der Waals surface area (Å²) in [5, 5.41) is 2.67. The Bertz CT molecular complexity index is 2190. The average molecular weight is 928 g/mol. The number of nitrogens with one attached hydrogen (secondary N) is 1. The number of nitrogens with two attached hydrogens (primary N) is 1. The van der Waals surface area contributed by atoms with E-state index in [4.69, 9.17) is 28.9 Å². The van der Waals surface area contributed by atoms with Crippen molar-refractivity contribution in [2.75, 3.05) is 88.3 Å². The lowest BCUT2D eigenvalue weighted by Gasteiger charge is -2.37. The summed E-state index contributed by atoms with van der Waals surface area (Å²) in [5.41, 5.74) is 8.44. The van der Waals surface area contributed by atoms with Crippen LogP contribution in [-0.2, 0) is 17.9 Å². The number of benzene rings is 2. The van der Waals surface area contributed by atoms with Gasteiger partial charge in [-0.25, -0.2) is 9.59 Å². The average Bonchev–Trinajstić information content (AvgIpc) is 3.32. The first kappa shape index (κ1) is 49.4. The number of rotatable bonds is 13. The van der Waals surface area contributed by atoms with Crippen LogP contribution in [0.15, 0.2) is 85.2 Å². The summed E-state index contributed by atoms with van der Waals surface area (Å²) in [6.45, 7) is 11.5. The Morgan fingerprint density at radius 3 is 1.34 bits per heavy atom. The van der Waals surface area contributed by atoms with Gasteiger partial charge in [0.1, 0.15) is 0 Å². The predicted octanol–water partition coefficient (Wildman–Crippen LogP) is 6.00. The summed E-state index contributed by atoms with van der Waals surface area (Å²) in [4.78, 5) is 81.5. The lowest BCUT2D eigenvalue weighted by atomic mass is 10.1. The lowest BCUT2D eigenvalue weighted by Crippen LogP contribution is -2.52. The second-order valence-electron chi connectivity index (χ2n) is 14.8. The first-order chi connectivity index (χ1) is 30.6. The number of piperazine rings is 2. The van der Waals surface area contributed by atoms with Gasteiger partial charge in [0.25, 0.3) is 0 Å². The number of alkyl halides is 3. The fourth-order valence-electron chi connectivity index (χ4n) is 6.80. The minimum atomic E-state index is -5.07. The van der Waals surface area contributed by atoms with Crippen molar-refractivity contribution >= 4 is 64.1 Å². The number of carbonyl (C=O) groups is 5. The van der Waals surface area contributed by atoms with Crippen LogP contribution in [0.4, 0.5) is 34.1 Å². The largest absolute Gasteiger partial charge is 0.471 e. The minimum absolute atomic E-state index is 0.0382. The zero-order valence-corrected chi connectivity index (χ0v) is 37.1. The van der Waals surface area contributed by atoms with Gasteiger partial charge in [-0.3, -0.25) is 34.2 Å². The molecule has 5 amide bonds. The van der Waals surface area contributed by atoms with E-state index in [9.17, 15) is 37.1 Å². The van der Waals surface area contributed by atoms with Crippen molar-refractivity contribution in [1.29, 1.82) is 0 Å². The zero-order chi connectivity index (χ0) is 46.4. The van der Waals surface area contributed by atoms with Gasteiger partial charge in [-0.15, -0.1) is 0 Å². The van der Waals surface area contributed by atoms with Crippen molar-refractivity contribution in [3.8, 4) is 0 Å². The molecule has 3 N–H and O–H groups in total. The zero-order valence-electron chi connectivity index (χ0n) is 35.6. The van der Waals surface area contributed by atoms with E-state index in [1.165, 1.54) is 29.8 Å². The molecule has 342 valence electrons. The highest BCUT2D eigenvalue weighted by Crippen LogP contribution is 2.24. The van der Waals surface area contributed by atoms with Crippen molar-refractivity contribution in [2.24, 2.45) is 5.73 Å². The maximum Gasteiger partial charge on any atom is 0.471 e. The Labute approximate surface area is 379 Å². The Hall–Kier alpha value is -5.66. The number of urea groups is 2. The number of halogens is 5. The Balaban J connectivity index is 0.000000245. The van der Waals surface area contributed by atoms with Gasteiger partial charge in [0.15, 0.2) is 11.6 Å². The molecule has 2 aromatic heterocycles. The van der Waals surface area contributed by atoms with Crippen molar-refractivity contribution in [1.82, 2.24) is 34.9 Å². The van der Waals surface area contributed by atoms with Gasteiger partial charge in [-0.2, -0.15) is 13.2 Å². The van der Waals surface area contributed by atoms with Crippen LogP contribution in [-0.4, -0.2) is 144 Å². The maximum absolute atomic E-state index is 13.4. The van der Waals surface area contributed by atoms with Crippen LogP contribution in [0.3, 0.4) is 0 Å². The summed E-state index contributed by atoms with van der Waals surface area (Å²) >= 11 is 12.0. The molecule has 4 aromatic rings. The third-order valence-corrected chi connectivity index (χ3v) is 11.2. The van der Waals surface area contributed by atoms with Crippen LogP contribution >= 0.6 is 23.2 Å². The predicted molar refractivity (Wildman–Crippen MR) is 239 cm³/mol. The molecule has 2 aliphatic rings. The van der Waals surface area contributed by atoms with Crippen LogP contribution in [0.2, 0.25) is 10.0 Å². The molecule has 0 saturated carbocycles. The monoisotopic (exact) mass is 926 g/mol. The summed E-state index contributed by atoms with van der Waals surface area (Å²) in [5.74, 6) is -3.07. The normalized spacial score (nSPS) is 14.6. The molecule has 0 bridgehead atoms. The molecule has 0 unspecified atom stereocenters. The van der Waals surface area contributed by atoms with Gasteiger partial charge < -0.3 is 30.7 Å². The highest BCUT2D eigenvalue weighted by molar-refractivity contribution is 6.31. The first-order valence-corrected chi connectivity index (χ1v) is 21.5. The molecular formula is C44H51Cl2F3N10O5. The van der Waals surface area contributed by atoms with E-state index in [1.54, 1.807) is 63.2 Å². The maximum atomic E-state index is 13.4. The van der Waals surface area contributed by atoms with Crippen molar-refractivity contribution in [3.63, 3.8) is 0 Å². The van der Waals surface area contributed by atoms with Crippen LogP contribution in [0.25, 0.3) is 0 Å². The topological polar surface area (TPSA) is 169 Å². The number of hydrogen-bond donors (Lipinski definition) is 2. The van der Waals surface area contributed by atoms with Gasteiger partial charge in [-0.05, 0) is 85.9 Å². The number of Topliss-reactive ketones (excluding diaryl/α,β-unsaturated/α-hetero) is 2. The standard InChI is InChI=1S/C23H25ClF3N5O3.C21H26ClN5O2/c1-2-30-9-11-31(12-10-30)22(35)32(19-7-4-17(24)5-8-19)15-18-6-3-16(13-28-18)20(33)14-29-21(34)23(25,26)27;1-2-25-9-11-26(12-10-25)21(29)27(19-7-4-17(22)5-8-19)15-18-6-3-16(14-24-18)20(28)13-23/h3-8,13H,2,9-12,14-15H2,1H3,(H,29,34);3-8,14H,2,9-13,15,23H2,1H3. The van der Waals surface area contributed by atoms with E-state index in [-0.39, 0.29) is 36.5 Å². The van der Waals surface area contributed by atoms with E-state index < -0.39 is 24.4 Å². The number of amides is 5. The van der Waals surface area contributed by atoms with Gasteiger partial charge in [0.05, 0.1) is 37.6 Å². The summed E-state index contributed by atoms with van der Waals surface area (Å²) in [6.07, 6.45) is -2.35. The molecule has 0 aliphatic carbocycles. The first-order valence-electron chi connectivity index (χ1n) is 20.7. The van der Waals surface area contributed by atoms with Crippen molar-refractivity contribution in [2.45, 2.75) is 33.1 Å². The molecule has 2 saturated heterocycles. The van der Waals surface area contributed by atoms with Crippen LogP contribution in [0, 0.1) is 0 Å². The fraction of sp³-hybridized carbons (Fsp3) is 0.386. The van der Waals surface area contributed by atoms with Crippen LogP contribution < -0.4 is 20.9 Å². The molecule has 0 spiro atoms. The summed E-state index contributed by atoms with van der Waals surface area (Å²) in [6, 6.07) is 20.1. The molecule has 6 rings (SSSR count). The molecule has 2 fully saturated rings. The molecule has 4 heterocycles. The third-order valence-electron chi connectivity index (χ3n) is 10.7. The lowest BCUT2D eigenvalue weighted by molar-refractivity contribution is -0.173. The van der Waals surface area contributed by atoms with E-state index >= 15 is 0 Å². The minimum Gasteiger partial charge on any atom is -0.341 e. The highest BCUT2D eigenvalue weighted by Gasteiger charge is 2.38. The third kappa shape index (κ3) is 13.9. The number of aromatic nitrogens is 2. The number of likely N-dealkylation sites (N-methyl/N-ethyl adjacent to an activating group) is 2. The Morgan fingerprint density at radius 2 is 1.02 bits per heavy atom. The van der Waals surface area contributed by atoms with Crippen molar-refractivity contribution in [3.05, 3.63) is 118 Å². The van der Waals surface area contributed by atoms with E-state index in [0.29, 0.717) is 65.4 Å². The van der Waals surface area contributed by atoms with E-state index in [0.717, 1.165) is 45.0 Å². The molecule has 0 atom stereocenters. The van der Waals surface area contributed by atoms with Crippen molar-refractivity contribution < 1.29 is 37.1 Å². The molecule has 2 aromatic carbocycles. The van der Waals surface area contributed by atoms with Gasteiger partial charge in [-0.1, -0.05) is 37.0 Å². The number of pyridine rings is 2. The second-order valence-corrected chi connectivity index (χ2v) is 15.7. The van der Waals surface area contributed by atoms with Crippen LogP contribution in [0.5, 0.6) is 0 Å². The molecule has 2 aliphatic heterocycles. The van der Waals surface area contributed by atoms with Crippen LogP contribution in [0.1, 0.15) is 46.0 Å². The number of ketones is 2. The smallest absolute Gasteiger partial charge is 0.341 e. The van der Waals surface area contributed by atoms with E-state index in [1.807, 2.05) is 17.0 Å². The fourth-order valence-corrected chi connectivity index (χ4v) is 7.06. The molecule has 0 radical (unpaired) electrons. The molecule has 20 heteroatoms. The summed E-state index contributed by atoms with van der Waals surface area (Å²) < 4.78 is 36.9. The van der Waals surface area contributed by atoms with E-state index in [2.05, 4.69) is 33.6 Å². The number of carbonyl (C=O) groups excluding carboxylic acids is 5. The molecule has 15 nitrogen and oxygen atoms in total.